The number of aromatic nitrogens is 1. The average Bonchev–Trinajstić information content (AvgIpc) is 2.37. The number of hydrogen-bond donors (Lipinski definition) is 1. The highest BCUT2D eigenvalue weighted by molar-refractivity contribution is 5.99. The van der Waals surface area contributed by atoms with E-state index < -0.39 is 5.91 Å². The van der Waals surface area contributed by atoms with Crippen molar-refractivity contribution >= 4 is 18.0 Å². The molecule has 0 radical (unpaired) electrons. The van der Waals surface area contributed by atoms with Crippen molar-refractivity contribution in [2.75, 3.05) is 18.0 Å². The molecule has 1 aromatic heterocycles. The van der Waals surface area contributed by atoms with Gasteiger partial charge in [0.05, 0.1) is 5.56 Å². The first-order valence-corrected chi connectivity index (χ1v) is 6.51. The van der Waals surface area contributed by atoms with E-state index in [0.717, 1.165) is 43.5 Å². The summed E-state index contributed by atoms with van der Waals surface area (Å²) in [5.41, 5.74) is 7.68. The number of rotatable bonds is 3. The highest BCUT2D eigenvalue weighted by atomic mass is 16.1. The molecule has 0 unspecified atom stereocenters. The van der Waals surface area contributed by atoms with Gasteiger partial charge in [0.15, 0.2) is 0 Å². The molecule has 5 heteroatoms. The number of primary amides is 1. The molecule has 0 spiro atoms. The maximum Gasteiger partial charge on any atom is 0.252 e. The van der Waals surface area contributed by atoms with Crippen molar-refractivity contribution in [1.29, 1.82) is 0 Å². The molecule has 1 aliphatic heterocycles. The number of anilines is 1. The first-order chi connectivity index (χ1) is 9.02. The Bertz CT molecular complexity index is 506. The monoisotopic (exact) mass is 261 g/mol. The van der Waals surface area contributed by atoms with Crippen LogP contribution in [0, 0.1) is 19.8 Å². The summed E-state index contributed by atoms with van der Waals surface area (Å²) in [4.78, 5) is 28.9. The molecule has 0 aromatic carbocycles. The number of aldehydes is 1. The summed E-state index contributed by atoms with van der Waals surface area (Å²) in [7, 11) is 0. The predicted octanol–water partition coefficient (Wildman–Crippen LogP) is 1.21. The van der Waals surface area contributed by atoms with Crippen LogP contribution in [0.15, 0.2) is 6.07 Å². The molecule has 1 fully saturated rings. The van der Waals surface area contributed by atoms with Crippen molar-refractivity contribution in [1.82, 2.24) is 4.98 Å². The van der Waals surface area contributed by atoms with Crippen molar-refractivity contribution in [2.24, 2.45) is 11.7 Å². The number of piperidine rings is 1. The zero-order chi connectivity index (χ0) is 14.0. The second-order valence-electron chi connectivity index (χ2n) is 5.10. The Kier molecular flexibility index (Phi) is 3.83. The van der Waals surface area contributed by atoms with Crippen molar-refractivity contribution in [3.8, 4) is 0 Å². The maximum absolute atomic E-state index is 11.6. The van der Waals surface area contributed by atoms with Gasteiger partial charge in [0.25, 0.3) is 5.91 Å². The van der Waals surface area contributed by atoms with E-state index in [1.54, 1.807) is 0 Å². The second-order valence-corrected chi connectivity index (χ2v) is 5.10. The summed E-state index contributed by atoms with van der Waals surface area (Å²) in [6.07, 6.45) is 2.62. The minimum Gasteiger partial charge on any atom is -0.365 e. The molecule has 1 amide bonds. The second kappa shape index (κ2) is 5.38. The molecule has 5 nitrogen and oxygen atoms in total. The van der Waals surface area contributed by atoms with Crippen molar-refractivity contribution in [3.05, 3.63) is 22.9 Å². The van der Waals surface area contributed by atoms with Gasteiger partial charge in [0.1, 0.15) is 12.1 Å². The van der Waals surface area contributed by atoms with E-state index in [-0.39, 0.29) is 5.92 Å². The molecular formula is C14H19N3O2. The lowest BCUT2D eigenvalue weighted by molar-refractivity contribution is -0.111. The summed E-state index contributed by atoms with van der Waals surface area (Å²) in [5.74, 6) is 0.339. The number of nitrogens with two attached hydrogens (primary N) is 1. The van der Waals surface area contributed by atoms with Crippen molar-refractivity contribution in [2.45, 2.75) is 26.7 Å². The zero-order valence-electron chi connectivity index (χ0n) is 11.3. The first-order valence-electron chi connectivity index (χ1n) is 6.51. The standard InChI is InChI=1S/C14H19N3O2/c1-9-7-10(2)16-14(12(9)13(15)19)17-5-3-11(8-18)4-6-17/h7-8,11H,3-6H2,1-2H3,(H2,15,19). The van der Waals surface area contributed by atoms with E-state index >= 15 is 0 Å². The maximum atomic E-state index is 11.6. The number of amides is 1. The molecule has 1 saturated heterocycles. The Morgan fingerprint density at radius 3 is 2.58 bits per heavy atom. The lowest BCUT2D eigenvalue weighted by atomic mass is 9.97. The van der Waals surface area contributed by atoms with E-state index in [1.807, 2.05) is 19.9 Å². The Morgan fingerprint density at radius 1 is 1.42 bits per heavy atom. The summed E-state index contributed by atoms with van der Waals surface area (Å²) in [6.45, 7) is 5.25. The van der Waals surface area contributed by atoms with Gasteiger partial charge in [-0.15, -0.1) is 0 Å². The molecule has 1 aromatic rings. The summed E-state index contributed by atoms with van der Waals surface area (Å²) in [5, 5.41) is 0. The van der Waals surface area contributed by atoms with Gasteiger partial charge >= 0.3 is 0 Å². The molecule has 1 aliphatic rings. The number of carbonyl (C=O) groups is 2. The van der Waals surface area contributed by atoms with Gasteiger partial charge in [-0.25, -0.2) is 4.98 Å². The van der Waals surface area contributed by atoms with Crippen LogP contribution in [-0.2, 0) is 4.79 Å². The average molecular weight is 261 g/mol. The number of aryl methyl sites for hydroxylation is 2. The third-order valence-electron chi connectivity index (χ3n) is 3.60. The molecular weight excluding hydrogens is 242 g/mol. The Labute approximate surface area is 112 Å². The number of carbonyl (C=O) groups excluding carboxylic acids is 2. The molecule has 2 rings (SSSR count). The summed E-state index contributed by atoms with van der Waals surface area (Å²) < 4.78 is 0. The quantitative estimate of drug-likeness (QED) is 0.830. The SMILES string of the molecule is Cc1cc(C)c(C(N)=O)c(N2CCC(C=O)CC2)n1. The highest BCUT2D eigenvalue weighted by Crippen LogP contribution is 2.26. The van der Waals surface area contributed by atoms with Crippen LogP contribution < -0.4 is 10.6 Å². The Hall–Kier alpha value is -1.91. The van der Waals surface area contributed by atoms with Gasteiger partial charge in [0, 0.05) is 24.7 Å². The van der Waals surface area contributed by atoms with Crippen LogP contribution >= 0.6 is 0 Å². The van der Waals surface area contributed by atoms with Gasteiger partial charge in [-0.05, 0) is 38.3 Å². The molecule has 102 valence electrons. The largest absolute Gasteiger partial charge is 0.365 e. The predicted molar refractivity (Wildman–Crippen MR) is 73.2 cm³/mol. The lowest BCUT2D eigenvalue weighted by Gasteiger charge is -2.32. The van der Waals surface area contributed by atoms with Gasteiger partial charge in [-0.2, -0.15) is 0 Å². The smallest absolute Gasteiger partial charge is 0.252 e. The van der Waals surface area contributed by atoms with Crippen LogP contribution in [0.3, 0.4) is 0 Å². The van der Waals surface area contributed by atoms with Crippen LogP contribution in [0.1, 0.15) is 34.5 Å². The molecule has 2 heterocycles. The topological polar surface area (TPSA) is 76.3 Å². The van der Waals surface area contributed by atoms with E-state index in [1.165, 1.54) is 0 Å². The molecule has 0 atom stereocenters. The number of hydrogen-bond acceptors (Lipinski definition) is 4. The van der Waals surface area contributed by atoms with Crippen LogP contribution in [0.25, 0.3) is 0 Å². The summed E-state index contributed by atoms with van der Waals surface area (Å²) >= 11 is 0. The van der Waals surface area contributed by atoms with Crippen LogP contribution in [0.5, 0.6) is 0 Å². The zero-order valence-corrected chi connectivity index (χ0v) is 11.3. The summed E-state index contributed by atoms with van der Waals surface area (Å²) in [6, 6.07) is 1.86. The molecule has 0 bridgehead atoms. The van der Waals surface area contributed by atoms with Gasteiger partial charge < -0.3 is 15.4 Å². The van der Waals surface area contributed by atoms with Crippen LogP contribution in [0.4, 0.5) is 5.82 Å². The van der Waals surface area contributed by atoms with Crippen molar-refractivity contribution < 1.29 is 9.59 Å². The minimum absolute atomic E-state index is 0.124. The number of nitrogens with zero attached hydrogens (tertiary/aromatic N) is 2. The van der Waals surface area contributed by atoms with Gasteiger partial charge in [-0.3, -0.25) is 4.79 Å². The normalized spacial score (nSPS) is 16.4. The van der Waals surface area contributed by atoms with Gasteiger partial charge in [-0.1, -0.05) is 0 Å². The molecule has 2 N–H and O–H groups in total. The Balaban J connectivity index is 2.34. The molecule has 19 heavy (non-hydrogen) atoms. The lowest BCUT2D eigenvalue weighted by Crippen LogP contribution is -2.36. The Morgan fingerprint density at radius 2 is 2.05 bits per heavy atom. The molecule has 0 aliphatic carbocycles. The third-order valence-corrected chi connectivity index (χ3v) is 3.60. The fourth-order valence-electron chi connectivity index (χ4n) is 2.60. The third kappa shape index (κ3) is 2.75. The van der Waals surface area contributed by atoms with Gasteiger partial charge in [0.2, 0.25) is 0 Å². The van der Waals surface area contributed by atoms with Crippen LogP contribution in [-0.4, -0.2) is 30.3 Å². The number of pyridine rings is 1. The van der Waals surface area contributed by atoms with E-state index in [9.17, 15) is 9.59 Å². The fourth-order valence-corrected chi connectivity index (χ4v) is 2.60. The molecule has 0 saturated carbocycles. The highest BCUT2D eigenvalue weighted by Gasteiger charge is 2.24. The van der Waals surface area contributed by atoms with Crippen LogP contribution in [0.2, 0.25) is 0 Å². The van der Waals surface area contributed by atoms with E-state index in [2.05, 4.69) is 9.88 Å². The fraction of sp³-hybridized carbons (Fsp3) is 0.500. The van der Waals surface area contributed by atoms with Crippen molar-refractivity contribution in [3.63, 3.8) is 0 Å². The van der Waals surface area contributed by atoms with E-state index in [4.69, 9.17) is 5.73 Å². The van der Waals surface area contributed by atoms with E-state index in [0.29, 0.717) is 11.4 Å². The minimum atomic E-state index is -0.447. The first kappa shape index (κ1) is 13.5.